The number of aryl methyl sites for hydroxylation is 2. The van der Waals surface area contributed by atoms with E-state index in [9.17, 15) is 0 Å². The van der Waals surface area contributed by atoms with Crippen LogP contribution in [-0.4, -0.2) is 40.6 Å². The predicted octanol–water partition coefficient (Wildman–Crippen LogP) is 2.12. The monoisotopic (exact) mass is 346 g/mol. The van der Waals surface area contributed by atoms with Gasteiger partial charge in [-0.1, -0.05) is 30.3 Å². The molecule has 1 atom stereocenters. The molecule has 0 amide bonds. The van der Waals surface area contributed by atoms with Crippen molar-refractivity contribution in [2.75, 3.05) is 5.32 Å². The highest BCUT2D eigenvalue weighted by Gasteiger charge is 2.21. The molecule has 1 aliphatic heterocycles. The molecule has 0 saturated carbocycles. The van der Waals surface area contributed by atoms with Gasteiger partial charge in [-0.05, 0) is 25.5 Å². The second kappa shape index (κ2) is 5.91. The first-order chi connectivity index (χ1) is 12.8. The molecule has 8 heteroatoms. The van der Waals surface area contributed by atoms with Crippen LogP contribution in [-0.2, 0) is 13.0 Å². The summed E-state index contributed by atoms with van der Waals surface area (Å²) in [5.74, 6) is 3.44. The highest BCUT2D eigenvalue weighted by Crippen LogP contribution is 2.20. The zero-order chi connectivity index (χ0) is 17.5. The molecular formula is C18H18N8. The standard InChI is InChI=1S/C18H18N8/c1-12-19-16-9-7-14(11-25(16)23-12)20-15-8-10-17-21-22-18(26(17)24-15)13-5-3-2-4-6-13/h2-6,8,10,14H,7,9,11H2,1H3,(H,20,24)/t14-/m0/s1. The normalized spacial score (nSPS) is 16.6. The summed E-state index contributed by atoms with van der Waals surface area (Å²) in [6.45, 7) is 2.73. The van der Waals surface area contributed by atoms with Crippen molar-refractivity contribution in [3.05, 3.63) is 54.1 Å². The Morgan fingerprint density at radius 1 is 1.04 bits per heavy atom. The average Bonchev–Trinajstić information content (AvgIpc) is 3.24. The van der Waals surface area contributed by atoms with Crippen LogP contribution in [0.5, 0.6) is 0 Å². The van der Waals surface area contributed by atoms with Gasteiger partial charge in [0.2, 0.25) is 0 Å². The lowest BCUT2D eigenvalue weighted by Crippen LogP contribution is -2.32. The van der Waals surface area contributed by atoms with E-state index in [1.165, 1.54) is 0 Å². The molecule has 0 aliphatic carbocycles. The van der Waals surface area contributed by atoms with Gasteiger partial charge in [0.1, 0.15) is 17.5 Å². The van der Waals surface area contributed by atoms with Crippen molar-refractivity contribution in [1.29, 1.82) is 0 Å². The van der Waals surface area contributed by atoms with Crippen molar-refractivity contribution in [3.8, 4) is 11.4 Å². The molecule has 1 aliphatic rings. The third-order valence-electron chi connectivity index (χ3n) is 4.61. The molecule has 0 saturated heterocycles. The topological polar surface area (TPSA) is 85.8 Å². The largest absolute Gasteiger partial charge is 0.364 e. The number of hydrogen-bond donors (Lipinski definition) is 1. The summed E-state index contributed by atoms with van der Waals surface area (Å²) in [7, 11) is 0. The van der Waals surface area contributed by atoms with Gasteiger partial charge in [0.25, 0.3) is 0 Å². The van der Waals surface area contributed by atoms with Gasteiger partial charge in [-0.15, -0.1) is 15.3 Å². The first kappa shape index (κ1) is 15.0. The van der Waals surface area contributed by atoms with Gasteiger partial charge in [0.15, 0.2) is 11.5 Å². The fraction of sp³-hybridized carbons (Fsp3) is 0.278. The lowest BCUT2D eigenvalue weighted by molar-refractivity contribution is 0.439. The van der Waals surface area contributed by atoms with E-state index >= 15 is 0 Å². The number of hydrogen-bond acceptors (Lipinski definition) is 6. The molecule has 0 spiro atoms. The molecule has 0 unspecified atom stereocenters. The molecule has 3 aromatic heterocycles. The van der Waals surface area contributed by atoms with Crippen molar-refractivity contribution in [1.82, 2.24) is 34.6 Å². The molecule has 1 aromatic carbocycles. The second-order valence-electron chi connectivity index (χ2n) is 6.52. The van der Waals surface area contributed by atoms with Crippen LogP contribution in [0.2, 0.25) is 0 Å². The predicted molar refractivity (Wildman–Crippen MR) is 96.7 cm³/mol. The van der Waals surface area contributed by atoms with Gasteiger partial charge in [-0.2, -0.15) is 9.61 Å². The Morgan fingerprint density at radius 2 is 1.92 bits per heavy atom. The highest BCUT2D eigenvalue weighted by molar-refractivity contribution is 5.59. The minimum atomic E-state index is 0.269. The Morgan fingerprint density at radius 3 is 2.81 bits per heavy atom. The molecule has 8 nitrogen and oxygen atoms in total. The van der Waals surface area contributed by atoms with E-state index in [1.54, 1.807) is 4.52 Å². The second-order valence-corrected chi connectivity index (χ2v) is 6.52. The molecule has 0 fully saturated rings. The van der Waals surface area contributed by atoms with Gasteiger partial charge in [-0.3, -0.25) is 0 Å². The van der Waals surface area contributed by atoms with Crippen molar-refractivity contribution >= 4 is 11.5 Å². The Labute approximate surface area is 149 Å². The number of nitrogens with one attached hydrogen (secondary N) is 1. The first-order valence-electron chi connectivity index (χ1n) is 8.71. The van der Waals surface area contributed by atoms with E-state index in [0.717, 1.165) is 53.9 Å². The van der Waals surface area contributed by atoms with Crippen LogP contribution < -0.4 is 5.32 Å². The maximum Gasteiger partial charge on any atom is 0.185 e. The first-order valence-corrected chi connectivity index (χ1v) is 8.71. The van der Waals surface area contributed by atoms with Crippen LogP contribution in [0.4, 0.5) is 5.82 Å². The quantitative estimate of drug-likeness (QED) is 0.611. The van der Waals surface area contributed by atoms with Crippen LogP contribution in [0.3, 0.4) is 0 Å². The number of benzene rings is 1. The molecule has 0 radical (unpaired) electrons. The molecule has 4 aromatic rings. The molecule has 130 valence electrons. The van der Waals surface area contributed by atoms with Crippen LogP contribution in [0.25, 0.3) is 17.0 Å². The summed E-state index contributed by atoms with van der Waals surface area (Å²) in [5, 5.41) is 21.2. The molecule has 1 N–H and O–H groups in total. The maximum absolute atomic E-state index is 4.70. The summed E-state index contributed by atoms with van der Waals surface area (Å²) in [6, 6.07) is 14.1. The minimum Gasteiger partial charge on any atom is -0.364 e. The SMILES string of the molecule is Cc1nc2n(n1)C[C@@H](Nc1ccc3nnc(-c4ccccc4)n3n1)CC2. The Bertz CT molecular complexity index is 1070. The van der Waals surface area contributed by atoms with Crippen molar-refractivity contribution < 1.29 is 0 Å². The number of rotatable bonds is 3. The zero-order valence-electron chi connectivity index (χ0n) is 14.4. The van der Waals surface area contributed by atoms with Gasteiger partial charge in [0, 0.05) is 18.0 Å². The van der Waals surface area contributed by atoms with Crippen molar-refractivity contribution in [2.24, 2.45) is 0 Å². The summed E-state index contributed by atoms with van der Waals surface area (Å²) < 4.78 is 3.77. The molecule has 26 heavy (non-hydrogen) atoms. The number of aromatic nitrogens is 7. The minimum absolute atomic E-state index is 0.269. The molecule has 5 rings (SSSR count). The van der Waals surface area contributed by atoms with Crippen molar-refractivity contribution in [2.45, 2.75) is 32.4 Å². The van der Waals surface area contributed by atoms with Crippen LogP contribution in [0.1, 0.15) is 18.1 Å². The molecule has 0 bridgehead atoms. The van der Waals surface area contributed by atoms with Gasteiger partial charge >= 0.3 is 0 Å². The molecular weight excluding hydrogens is 328 g/mol. The van der Waals surface area contributed by atoms with E-state index in [2.05, 4.69) is 25.6 Å². The van der Waals surface area contributed by atoms with Crippen LogP contribution >= 0.6 is 0 Å². The maximum atomic E-state index is 4.70. The van der Waals surface area contributed by atoms with E-state index in [1.807, 2.05) is 54.1 Å². The summed E-state index contributed by atoms with van der Waals surface area (Å²) in [5.41, 5.74) is 1.72. The number of nitrogens with zero attached hydrogens (tertiary/aromatic N) is 7. The fourth-order valence-corrected chi connectivity index (χ4v) is 3.39. The smallest absolute Gasteiger partial charge is 0.185 e. The highest BCUT2D eigenvalue weighted by atomic mass is 15.4. The number of anilines is 1. The van der Waals surface area contributed by atoms with E-state index < -0.39 is 0 Å². The van der Waals surface area contributed by atoms with Crippen LogP contribution in [0.15, 0.2) is 42.5 Å². The molecule has 4 heterocycles. The third kappa shape index (κ3) is 2.59. The summed E-state index contributed by atoms with van der Waals surface area (Å²) in [4.78, 5) is 4.46. The van der Waals surface area contributed by atoms with E-state index in [0.29, 0.717) is 0 Å². The lowest BCUT2D eigenvalue weighted by atomic mass is 10.1. The summed E-state index contributed by atoms with van der Waals surface area (Å²) in [6.07, 6.45) is 1.92. The van der Waals surface area contributed by atoms with Gasteiger partial charge < -0.3 is 5.32 Å². The van der Waals surface area contributed by atoms with Gasteiger partial charge in [-0.25, -0.2) is 9.67 Å². The lowest BCUT2D eigenvalue weighted by Gasteiger charge is -2.23. The van der Waals surface area contributed by atoms with Crippen molar-refractivity contribution in [3.63, 3.8) is 0 Å². The number of fused-ring (bicyclic) bond motifs is 2. The fourth-order valence-electron chi connectivity index (χ4n) is 3.39. The zero-order valence-corrected chi connectivity index (χ0v) is 14.4. The average molecular weight is 346 g/mol. The van der Waals surface area contributed by atoms with E-state index in [-0.39, 0.29) is 6.04 Å². The third-order valence-corrected chi connectivity index (χ3v) is 4.61. The van der Waals surface area contributed by atoms with E-state index in [4.69, 9.17) is 5.10 Å². The Balaban J connectivity index is 1.43. The Kier molecular flexibility index (Phi) is 3.41. The summed E-state index contributed by atoms with van der Waals surface area (Å²) >= 11 is 0. The van der Waals surface area contributed by atoms with Gasteiger partial charge in [0.05, 0.1) is 6.54 Å². The Hall–Kier alpha value is -3.29. The van der Waals surface area contributed by atoms with Crippen LogP contribution in [0, 0.1) is 6.92 Å².